The van der Waals surface area contributed by atoms with Gasteiger partial charge in [0.1, 0.15) is 0 Å². The van der Waals surface area contributed by atoms with E-state index in [1.165, 1.54) is 36.6 Å². The fourth-order valence-corrected chi connectivity index (χ4v) is 3.63. The number of hydrogen-bond acceptors (Lipinski definition) is 6. The molecule has 12 heteroatoms. The Kier molecular flexibility index (Phi) is 9.00. The van der Waals surface area contributed by atoms with E-state index >= 15 is 0 Å². The lowest BCUT2D eigenvalue weighted by atomic mass is 10.0. The number of rotatable bonds is 10. The van der Waals surface area contributed by atoms with Crippen LogP contribution >= 0.6 is 22.9 Å². The van der Waals surface area contributed by atoms with Crippen LogP contribution in [0.15, 0.2) is 29.1 Å². The van der Waals surface area contributed by atoms with Gasteiger partial charge in [0.25, 0.3) is 11.8 Å². The first-order valence-electron chi connectivity index (χ1n) is 9.86. The molecule has 0 fully saturated rings. The van der Waals surface area contributed by atoms with Crippen molar-refractivity contribution in [2.75, 3.05) is 12.4 Å². The van der Waals surface area contributed by atoms with Crippen LogP contribution in [0.1, 0.15) is 48.7 Å². The Morgan fingerprint density at radius 1 is 1.24 bits per heavy atom. The molecule has 1 heterocycles. The van der Waals surface area contributed by atoms with Gasteiger partial charge >= 0.3 is 0 Å². The minimum absolute atomic E-state index is 0.0935. The van der Waals surface area contributed by atoms with Crippen molar-refractivity contribution in [3.63, 3.8) is 0 Å². The summed E-state index contributed by atoms with van der Waals surface area (Å²) in [5, 5.41) is 8.94. The Morgan fingerprint density at radius 3 is 2.52 bits per heavy atom. The number of carbonyl (C=O) groups is 4. The second kappa shape index (κ2) is 11.3. The van der Waals surface area contributed by atoms with E-state index in [4.69, 9.17) is 11.6 Å². The molecule has 3 amide bonds. The lowest BCUT2D eigenvalue weighted by molar-refractivity contribution is -0.139. The number of likely N-dealkylation sites (N-methyl/N-ethyl adjacent to an activating group) is 1. The summed E-state index contributed by atoms with van der Waals surface area (Å²) in [5.41, 5.74) is 2.13. The SMILES string of the molecule is CNC(=O)C(=O)[C@H](CCC(C)(F)F)NC(=O)c1cc(Cl)ccc1NC(=O)C(C)c1cscn1. The monoisotopic (exact) mass is 500 g/mol. The molecule has 178 valence electrons. The summed E-state index contributed by atoms with van der Waals surface area (Å²) in [6.07, 6.45) is -1.20. The number of aromatic nitrogens is 1. The van der Waals surface area contributed by atoms with E-state index in [1.54, 1.807) is 17.8 Å². The van der Waals surface area contributed by atoms with Crippen LogP contribution in [-0.2, 0) is 14.4 Å². The number of anilines is 1. The summed E-state index contributed by atoms with van der Waals surface area (Å²) < 4.78 is 26.7. The van der Waals surface area contributed by atoms with Crippen molar-refractivity contribution in [1.29, 1.82) is 0 Å². The number of benzene rings is 1. The van der Waals surface area contributed by atoms with Gasteiger partial charge in [-0.25, -0.2) is 13.8 Å². The number of Topliss-reactive ketones (excluding diaryl/α,β-unsaturated/α-hetero) is 1. The van der Waals surface area contributed by atoms with Crippen molar-refractivity contribution in [2.24, 2.45) is 0 Å². The number of nitrogens with zero attached hydrogens (tertiary/aromatic N) is 1. The molecule has 2 aromatic rings. The molecule has 0 aliphatic heterocycles. The molecule has 3 N–H and O–H groups in total. The van der Waals surface area contributed by atoms with Crippen molar-refractivity contribution in [3.05, 3.63) is 45.4 Å². The largest absolute Gasteiger partial charge is 0.353 e. The summed E-state index contributed by atoms with van der Waals surface area (Å²) in [6.45, 7) is 2.31. The third-order valence-corrected chi connectivity index (χ3v) is 5.56. The molecule has 2 atom stereocenters. The summed E-state index contributed by atoms with van der Waals surface area (Å²) >= 11 is 7.33. The first-order chi connectivity index (χ1) is 15.4. The second-order valence-electron chi connectivity index (χ2n) is 7.39. The second-order valence-corrected chi connectivity index (χ2v) is 8.55. The number of thiazole rings is 1. The zero-order valence-electron chi connectivity index (χ0n) is 18.1. The quantitative estimate of drug-likeness (QED) is 0.432. The molecule has 1 aromatic heterocycles. The number of carbonyl (C=O) groups excluding carboxylic acids is 4. The molecular weight excluding hydrogens is 478 g/mol. The number of hydrogen-bond donors (Lipinski definition) is 3. The fourth-order valence-electron chi connectivity index (χ4n) is 2.81. The molecular formula is C21H23ClF2N4O4S. The van der Waals surface area contributed by atoms with Gasteiger partial charge < -0.3 is 16.0 Å². The van der Waals surface area contributed by atoms with Gasteiger partial charge in [-0.3, -0.25) is 19.2 Å². The Bertz CT molecular complexity index is 1030. The molecule has 1 aromatic carbocycles. The van der Waals surface area contributed by atoms with Gasteiger partial charge in [0, 0.05) is 23.9 Å². The van der Waals surface area contributed by atoms with Crippen LogP contribution in [0.4, 0.5) is 14.5 Å². The standard InChI is InChI=1S/C21H23ClF2N4O4S/c1-11(16-9-33-10-26-16)18(30)27-14-5-4-12(22)8-13(14)19(31)28-15(6-7-21(2,23)24)17(29)20(32)25-3/h4-5,8-11,15H,6-7H2,1-3H3,(H,25,32)(H,27,30)(H,28,31)/t11?,15-/m0/s1. The summed E-state index contributed by atoms with van der Waals surface area (Å²) in [7, 11) is 1.21. The highest BCUT2D eigenvalue weighted by Gasteiger charge is 2.31. The van der Waals surface area contributed by atoms with Gasteiger partial charge in [-0.2, -0.15) is 0 Å². The van der Waals surface area contributed by atoms with E-state index < -0.39 is 54.2 Å². The molecule has 0 spiro atoms. The van der Waals surface area contributed by atoms with Crippen LogP contribution in [0.3, 0.4) is 0 Å². The van der Waals surface area contributed by atoms with E-state index in [1.807, 2.05) is 0 Å². The van der Waals surface area contributed by atoms with Crippen LogP contribution in [0.5, 0.6) is 0 Å². The number of nitrogens with one attached hydrogen (secondary N) is 3. The van der Waals surface area contributed by atoms with E-state index in [0.717, 1.165) is 0 Å². The van der Waals surface area contributed by atoms with Gasteiger partial charge in [0.05, 0.1) is 34.4 Å². The van der Waals surface area contributed by atoms with Gasteiger partial charge in [-0.1, -0.05) is 11.6 Å². The third-order valence-electron chi connectivity index (χ3n) is 4.72. The highest BCUT2D eigenvalue weighted by molar-refractivity contribution is 7.07. The van der Waals surface area contributed by atoms with Crippen molar-refractivity contribution in [2.45, 2.75) is 44.6 Å². The minimum atomic E-state index is -3.10. The minimum Gasteiger partial charge on any atom is -0.353 e. The average molecular weight is 501 g/mol. The van der Waals surface area contributed by atoms with Gasteiger partial charge in [0.15, 0.2) is 0 Å². The Labute approximate surface area is 198 Å². The number of ketones is 1. The third kappa shape index (κ3) is 7.57. The molecule has 1 unspecified atom stereocenters. The van der Waals surface area contributed by atoms with E-state index in [9.17, 15) is 28.0 Å². The van der Waals surface area contributed by atoms with Gasteiger partial charge in [-0.05, 0) is 38.5 Å². The number of alkyl halides is 2. The molecule has 8 nitrogen and oxygen atoms in total. The Morgan fingerprint density at radius 2 is 1.94 bits per heavy atom. The number of amides is 3. The molecule has 0 saturated carbocycles. The van der Waals surface area contributed by atoms with E-state index in [0.29, 0.717) is 12.6 Å². The van der Waals surface area contributed by atoms with Crippen molar-refractivity contribution in [3.8, 4) is 0 Å². The predicted molar refractivity (Wildman–Crippen MR) is 121 cm³/mol. The van der Waals surface area contributed by atoms with E-state index in [-0.39, 0.29) is 16.3 Å². The van der Waals surface area contributed by atoms with Crippen LogP contribution < -0.4 is 16.0 Å². The van der Waals surface area contributed by atoms with Crippen molar-refractivity contribution >= 4 is 52.1 Å². The predicted octanol–water partition coefficient (Wildman–Crippen LogP) is 3.39. The molecule has 0 radical (unpaired) electrons. The Balaban J connectivity index is 2.26. The maximum Gasteiger partial charge on any atom is 0.289 e. The highest BCUT2D eigenvalue weighted by Crippen LogP contribution is 2.25. The maximum absolute atomic E-state index is 13.3. The first-order valence-corrected chi connectivity index (χ1v) is 11.2. The molecule has 0 bridgehead atoms. The van der Waals surface area contributed by atoms with Crippen molar-refractivity contribution < 1.29 is 28.0 Å². The summed E-state index contributed by atoms with van der Waals surface area (Å²) in [5.74, 6) is -7.13. The summed E-state index contributed by atoms with van der Waals surface area (Å²) in [6, 6.07) is 2.61. The lowest BCUT2D eigenvalue weighted by Gasteiger charge is -2.20. The zero-order chi connectivity index (χ0) is 24.8. The van der Waals surface area contributed by atoms with Crippen LogP contribution in [-0.4, -0.2) is 47.5 Å². The fraction of sp³-hybridized carbons (Fsp3) is 0.381. The molecule has 0 aliphatic carbocycles. The Hall–Kier alpha value is -2.92. The normalized spacial score (nSPS) is 13.0. The van der Waals surface area contributed by atoms with Crippen LogP contribution in [0, 0.1) is 0 Å². The molecule has 0 aliphatic rings. The molecule has 2 rings (SSSR count). The highest BCUT2D eigenvalue weighted by atomic mass is 35.5. The van der Waals surface area contributed by atoms with Crippen molar-refractivity contribution in [1.82, 2.24) is 15.6 Å². The van der Waals surface area contributed by atoms with Crippen LogP contribution in [0.25, 0.3) is 0 Å². The summed E-state index contributed by atoms with van der Waals surface area (Å²) in [4.78, 5) is 53.8. The van der Waals surface area contributed by atoms with Crippen LogP contribution in [0.2, 0.25) is 5.02 Å². The lowest BCUT2D eigenvalue weighted by Crippen LogP contribution is -2.47. The molecule has 0 saturated heterocycles. The topological polar surface area (TPSA) is 117 Å². The zero-order valence-corrected chi connectivity index (χ0v) is 19.7. The smallest absolute Gasteiger partial charge is 0.289 e. The maximum atomic E-state index is 13.3. The van der Waals surface area contributed by atoms with Gasteiger partial charge in [-0.15, -0.1) is 11.3 Å². The molecule has 33 heavy (non-hydrogen) atoms. The first kappa shape index (κ1) is 26.3. The average Bonchev–Trinajstić information content (AvgIpc) is 3.30. The van der Waals surface area contributed by atoms with Gasteiger partial charge in [0.2, 0.25) is 17.6 Å². The number of halogens is 3. The van der Waals surface area contributed by atoms with E-state index in [2.05, 4.69) is 20.9 Å².